The number of rotatable bonds is 4. The van der Waals surface area contributed by atoms with Crippen LogP contribution < -0.4 is 5.56 Å². The van der Waals surface area contributed by atoms with Crippen LogP contribution in [0.2, 0.25) is 5.15 Å². The van der Waals surface area contributed by atoms with Gasteiger partial charge in [-0.05, 0) is 42.5 Å². The lowest BCUT2D eigenvalue weighted by atomic mass is 10.0. The number of nitrogens with zero attached hydrogens (tertiary/aromatic N) is 2. The third-order valence-electron chi connectivity index (χ3n) is 6.14. The Morgan fingerprint density at radius 2 is 2.00 bits per heavy atom. The molecule has 7 nitrogen and oxygen atoms in total. The molecule has 10 heteroatoms. The Morgan fingerprint density at radius 1 is 1.17 bits per heavy atom. The number of H-pyrrole nitrogens is 1. The van der Waals surface area contributed by atoms with Crippen molar-refractivity contribution < 1.29 is 23.1 Å². The number of benzene rings is 2. The zero-order valence-electron chi connectivity index (χ0n) is 18.2. The quantitative estimate of drug-likeness (QED) is 0.287. The first-order valence-corrected chi connectivity index (χ1v) is 11.1. The Balaban J connectivity index is 1.71. The van der Waals surface area contributed by atoms with Crippen LogP contribution in [0, 0.1) is 11.6 Å². The molecule has 0 atom stereocenters. The van der Waals surface area contributed by atoms with Crippen molar-refractivity contribution >= 4 is 50.3 Å². The Kier molecular flexibility index (Phi) is 4.90. The average molecular weight is 506 g/mol. The molecule has 0 unspecified atom stereocenters. The number of pyridine rings is 2. The number of nitrogens with one attached hydrogen (secondary N) is 1. The normalized spacial score (nSPS) is 11.6. The van der Waals surface area contributed by atoms with Crippen molar-refractivity contribution in [1.29, 1.82) is 0 Å². The summed E-state index contributed by atoms with van der Waals surface area (Å²) in [6, 6.07) is 11.4. The van der Waals surface area contributed by atoms with E-state index in [1.165, 1.54) is 53.4 Å². The van der Waals surface area contributed by atoms with Crippen LogP contribution in [0.1, 0.15) is 16.1 Å². The molecular formula is C26H14ClF2N3O4. The summed E-state index contributed by atoms with van der Waals surface area (Å²) in [5, 5.41) is 11.3. The van der Waals surface area contributed by atoms with Gasteiger partial charge in [-0.15, -0.1) is 0 Å². The van der Waals surface area contributed by atoms with Gasteiger partial charge in [0.2, 0.25) is 0 Å². The number of aromatic amines is 1. The van der Waals surface area contributed by atoms with Crippen molar-refractivity contribution in [3.05, 3.63) is 99.4 Å². The molecule has 0 aliphatic carbocycles. The van der Waals surface area contributed by atoms with E-state index in [2.05, 4.69) is 9.97 Å². The standard InChI is InChI=1S/C26H14ClF2N3O4/c27-24-13(8-12-3-4-14(28)9-18(12)31-24)11-32-19-10-17(29)15-5-7-36-23(15)21(19)20(22(32)26(34)35)16-2-1-6-30-25(16)33/h1-10H,11H2,(H,30,33)(H,34,35). The summed E-state index contributed by atoms with van der Waals surface area (Å²) in [7, 11) is 0. The number of aromatic carboxylic acids is 1. The maximum atomic E-state index is 15.1. The van der Waals surface area contributed by atoms with Gasteiger partial charge in [-0.25, -0.2) is 18.6 Å². The lowest BCUT2D eigenvalue weighted by Crippen LogP contribution is -2.14. The second-order valence-electron chi connectivity index (χ2n) is 8.22. The fraction of sp³-hybridized carbons (Fsp3) is 0.0385. The van der Waals surface area contributed by atoms with Gasteiger partial charge in [0.15, 0.2) is 0 Å². The molecule has 2 aromatic carbocycles. The fourth-order valence-electron chi connectivity index (χ4n) is 4.61. The predicted molar refractivity (Wildman–Crippen MR) is 130 cm³/mol. The van der Waals surface area contributed by atoms with Gasteiger partial charge in [0, 0.05) is 28.8 Å². The van der Waals surface area contributed by atoms with Crippen molar-refractivity contribution in [3.8, 4) is 11.1 Å². The number of carboxylic acid groups (broad SMARTS) is 1. The van der Waals surface area contributed by atoms with Gasteiger partial charge in [-0.3, -0.25) is 4.79 Å². The Labute approximate surface area is 205 Å². The maximum absolute atomic E-state index is 15.1. The highest BCUT2D eigenvalue weighted by molar-refractivity contribution is 6.30. The van der Waals surface area contributed by atoms with Crippen molar-refractivity contribution in [2.24, 2.45) is 0 Å². The molecule has 0 radical (unpaired) electrons. The summed E-state index contributed by atoms with van der Waals surface area (Å²) in [4.78, 5) is 32.2. The van der Waals surface area contributed by atoms with Crippen LogP contribution in [-0.4, -0.2) is 25.6 Å². The van der Waals surface area contributed by atoms with E-state index < -0.39 is 23.2 Å². The molecule has 6 aromatic rings. The second-order valence-corrected chi connectivity index (χ2v) is 8.58. The molecule has 0 saturated carbocycles. The average Bonchev–Trinajstić information content (AvgIpc) is 3.44. The Hall–Kier alpha value is -4.50. The number of hydrogen-bond donors (Lipinski definition) is 2. The van der Waals surface area contributed by atoms with Gasteiger partial charge < -0.3 is 19.1 Å². The first-order chi connectivity index (χ1) is 17.3. The van der Waals surface area contributed by atoms with E-state index >= 15 is 4.39 Å². The number of halogens is 3. The molecule has 2 N–H and O–H groups in total. The minimum Gasteiger partial charge on any atom is -0.477 e. The minimum absolute atomic E-state index is 0.0324. The smallest absolute Gasteiger partial charge is 0.353 e. The summed E-state index contributed by atoms with van der Waals surface area (Å²) in [6.07, 6.45) is 2.73. The molecule has 0 amide bonds. The lowest BCUT2D eigenvalue weighted by molar-refractivity contribution is 0.0687. The number of furan rings is 1. The van der Waals surface area contributed by atoms with E-state index in [1.807, 2.05) is 0 Å². The summed E-state index contributed by atoms with van der Waals surface area (Å²) in [5.41, 5.74) is 0.467. The van der Waals surface area contributed by atoms with Crippen molar-refractivity contribution in [3.63, 3.8) is 0 Å². The molecule has 0 spiro atoms. The van der Waals surface area contributed by atoms with E-state index in [0.29, 0.717) is 16.5 Å². The SMILES string of the molecule is O=C(O)c1c(-c2ccc[nH]c2=O)c2c3occc3c(F)cc2n1Cc1cc2ccc(F)cc2nc1Cl. The van der Waals surface area contributed by atoms with Gasteiger partial charge in [-0.2, -0.15) is 0 Å². The molecule has 6 rings (SSSR count). The van der Waals surface area contributed by atoms with E-state index in [4.69, 9.17) is 16.0 Å². The number of carbonyl (C=O) groups is 1. The molecule has 4 aromatic heterocycles. The highest BCUT2D eigenvalue weighted by atomic mass is 35.5. The fourth-order valence-corrected chi connectivity index (χ4v) is 4.82. The van der Waals surface area contributed by atoms with Crippen LogP contribution in [0.4, 0.5) is 8.78 Å². The maximum Gasteiger partial charge on any atom is 0.353 e. The van der Waals surface area contributed by atoms with Gasteiger partial charge in [-0.1, -0.05) is 11.6 Å². The molecule has 0 fully saturated rings. The largest absolute Gasteiger partial charge is 0.477 e. The topological polar surface area (TPSA) is 101 Å². The number of aromatic nitrogens is 3. The lowest BCUT2D eigenvalue weighted by Gasteiger charge is -2.12. The first-order valence-electron chi connectivity index (χ1n) is 10.7. The molecule has 4 heterocycles. The van der Waals surface area contributed by atoms with E-state index in [9.17, 15) is 19.1 Å². The second kappa shape index (κ2) is 8.03. The third-order valence-corrected chi connectivity index (χ3v) is 6.47. The summed E-state index contributed by atoms with van der Waals surface area (Å²) >= 11 is 6.40. The van der Waals surface area contributed by atoms with Crippen LogP contribution in [0.3, 0.4) is 0 Å². The van der Waals surface area contributed by atoms with Crippen LogP contribution in [0.25, 0.3) is 43.9 Å². The zero-order valence-corrected chi connectivity index (χ0v) is 18.9. The minimum atomic E-state index is -1.34. The molecule has 36 heavy (non-hydrogen) atoms. The van der Waals surface area contributed by atoms with Crippen LogP contribution >= 0.6 is 11.6 Å². The highest BCUT2D eigenvalue weighted by Crippen LogP contribution is 2.40. The number of fused-ring (bicyclic) bond motifs is 4. The first kappa shape index (κ1) is 22.0. The zero-order chi connectivity index (χ0) is 25.1. The van der Waals surface area contributed by atoms with E-state index in [0.717, 1.165) is 0 Å². The summed E-state index contributed by atoms with van der Waals surface area (Å²) < 4.78 is 35.6. The molecule has 178 valence electrons. The molecule has 0 bridgehead atoms. The summed E-state index contributed by atoms with van der Waals surface area (Å²) in [5.74, 6) is -2.43. The number of carboxylic acids is 1. The van der Waals surface area contributed by atoms with Crippen LogP contribution in [-0.2, 0) is 6.54 Å². The Bertz CT molecular complexity index is 1920. The summed E-state index contributed by atoms with van der Waals surface area (Å²) in [6.45, 7) is -0.117. The van der Waals surface area contributed by atoms with Gasteiger partial charge in [0.1, 0.15) is 28.1 Å². The van der Waals surface area contributed by atoms with Crippen molar-refractivity contribution in [2.75, 3.05) is 0 Å². The monoisotopic (exact) mass is 505 g/mol. The van der Waals surface area contributed by atoms with Crippen LogP contribution in [0.5, 0.6) is 0 Å². The molecular weight excluding hydrogens is 492 g/mol. The van der Waals surface area contributed by atoms with Gasteiger partial charge in [0.25, 0.3) is 5.56 Å². The van der Waals surface area contributed by atoms with Gasteiger partial charge >= 0.3 is 5.97 Å². The van der Waals surface area contributed by atoms with E-state index in [-0.39, 0.29) is 50.4 Å². The van der Waals surface area contributed by atoms with Crippen LogP contribution in [0.15, 0.2) is 70.2 Å². The molecule has 0 aliphatic heterocycles. The molecule has 0 saturated heterocycles. The predicted octanol–water partition coefficient (Wildman–Crippen LogP) is 5.97. The Morgan fingerprint density at radius 3 is 2.78 bits per heavy atom. The molecule has 0 aliphatic rings. The van der Waals surface area contributed by atoms with E-state index in [1.54, 1.807) is 12.1 Å². The highest BCUT2D eigenvalue weighted by Gasteiger charge is 2.29. The number of hydrogen-bond acceptors (Lipinski definition) is 4. The third kappa shape index (κ3) is 3.28. The van der Waals surface area contributed by atoms with Crippen molar-refractivity contribution in [2.45, 2.75) is 6.54 Å². The van der Waals surface area contributed by atoms with Gasteiger partial charge in [0.05, 0.1) is 40.2 Å². The van der Waals surface area contributed by atoms with Crippen molar-refractivity contribution in [1.82, 2.24) is 14.5 Å².